The van der Waals surface area contributed by atoms with E-state index in [9.17, 15) is 9.59 Å². The van der Waals surface area contributed by atoms with Crippen LogP contribution in [-0.2, 0) is 9.59 Å². The van der Waals surface area contributed by atoms with Gasteiger partial charge in [0, 0.05) is 19.5 Å². The first kappa shape index (κ1) is 13.9. The molecule has 2 aliphatic heterocycles. The SMILES string of the molecule is O=C(O)[C@@H]1CCN(C(=O)C[C@@H]2CCOc3ccccc32)C1. The van der Waals surface area contributed by atoms with Gasteiger partial charge in [-0.3, -0.25) is 9.59 Å². The molecule has 5 heteroatoms. The Bertz CT molecular complexity index is 557. The minimum absolute atomic E-state index is 0.0560. The molecule has 21 heavy (non-hydrogen) atoms. The van der Waals surface area contributed by atoms with E-state index in [0.29, 0.717) is 32.5 Å². The van der Waals surface area contributed by atoms with Gasteiger partial charge in [-0.1, -0.05) is 18.2 Å². The smallest absolute Gasteiger partial charge is 0.308 e. The first-order chi connectivity index (χ1) is 10.1. The summed E-state index contributed by atoms with van der Waals surface area (Å²) in [7, 11) is 0. The number of para-hydroxylation sites is 1. The number of amides is 1. The number of likely N-dealkylation sites (tertiary alicyclic amines) is 1. The number of ether oxygens (including phenoxy) is 1. The van der Waals surface area contributed by atoms with Gasteiger partial charge in [-0.25, -0.2) is 0 Å². The van der Waals surface area contributed by atoms with Gasteiger partial charge in [-0.2, -0.15) is 0 Å². The number of nitrogens with zero attached hydrogens (tertiary/aromatic N) is 1. The topological polar surface area (TPSA) is 66.8 Å². The lowest BCUT2D eigenvalue weighted by Crippen LogP contribution is -2.31. The zero-order valence-corrected chi connectivity index (χ0v) is 11.8. The molecule has 0 bridgehead atoms. The van der Waals surface area contributed by atoms with E-state index in [0.717, 1.165) is 17.7 Å². The molecular weight excluding hydrogens is 270 g/mol. The van der Waals surface area contributed by atoms with Gasteiger partial charge in [0.05, 0.1) is 12.5 Å². The van der Waals surface area contributed by atoms with Crippen LogP contribution in [0.4, 0.5) is 0 Å². The van der Waals surface area contributed by atoms with Crippen molar-refractivity contribution in [3.63, 3.8) is 0 Å². The molecule has 0 unspecified atom stereocenters. The van der Waals surface area contributed by atoms with Gasteiger partial charge >= 0.3 is 5.97 Å². The molecule has 112 valence electrons. The molecular formula is C16H19NO4. The van der Waals surface area contributed by atoms with Crippen molar-refractivity contribution in [1.82, 2.24) is 4.90 Å². The maximum Gasteiger partial charge on any atom is 0.308 e. The summed E-state index contributed by atoms with van der Waals surface area (Å²) < 4.78 is 5.61. The summed E-state index contributed by atoms with van der Waals surface area (Å²) in [4.78, 5) is 25.0. The van der Waals surface area contributed by atoms with E-state index in [1.165, 1.54) is 0 Å². The molecule has 0 radical (unpaired) electrons. The molecule has 0 aromatic heterocycles. The van der Waals surface area contributed by atoms with Crippen LogP contribution < -0.4 is 4.74 Å². The number of carboxylic acid groups (broad SMARTS) is 1. The lowest BCUT2D eigenvalue weighted by molar-refractivity contribution is -0.141. The fourth-order valence-electron chi connectivity index (χ4n) is 3.16. The van der Waals surface area contributed by atoms with Gasteiger partial charge < -0.3 is 14.7 Å². The molecule has 0 aliphatic carbocycles. The van der Waals surface area contributed by atoms with Gasteiger partial charge in [0.1, 0.15) is 5.75 Å². The van der Waals surface area contributed by atoms with Gasteiger partial charge in [0.15, 0.2) is 0 Å². The Balaban J connectivity index is 1.65. The molecule has 0 saturated carbocycles. The number of hydrogen-bond donors (Lipinski definition) is 1. The summed E-state index contributed by atoms with van der Waals surface area (Å²) in [6.45, 7) is 1.53. The zero-order chi connectivity index (χ0) is 14.8. The molecule has 5 nitrogen and oxygen atoms in total. The molecule has 1 fully saturated rings. The summed E-state index contributed by atoms with van der Waals surface area (Å²) in [5, 5.41) is 9.01. The van der Waals surface area contributed by atoms with E-state index in [2.05, 4.69) is 0 Å². The van der Waals surface area contributed by atoms with E-state index in [4.69, 9.17) is 9.84 Å². The van der Waals surface area contributed by atoms with Crippen LogP contribution in [0.15, 0.2) is 24.3 Å². The molecule has 1 N–H and O–H groups in total. The predicted molar refractivity (Wildman–Crippen MR) is 76.2 cm³/mol. The zero-order valence-electron chi connectivity index (χ0n) is 11.8. The highest BCUT2D eigenvalue weighted by Crippen LogP contribution is 2.36. The third kappa shape index (κ3) is 2.86. The quantitative estimate of drug-likeness (QED) is 0.922. The Labute approximate surface area is 123 Å². The van der Waals surface area contributed by atoms with E-state index in [1.807, 2.05) is 24.3 Å². The molecule has 1 saturated heterocycles. The summed E-state index contributed by atoms with van der Waals surface area (Å²) in [6.07, 6.45) is 1.83. The Morgan fingerprint density at radius 2 is 2.10 bits per heavy atom. The lowest BCUT2D eigenvalue weighted by atomic mass is 9.90. The number of benzene rings is 1. The summed E-state index contributed by atoms with van der Waals surface area (Å²) in [6, 6.07) is 7.83. The number of fused-ring (bicyclic) bond motifs is 1. The maximum atomic E-state index is 12.4. The number of carbonyl (C=O) groups is 2. The van der Waals surface area contributed by atoms with Crippen molar-refractivity contribution in [2.24, 2.45) is 5.92 Å². The van der Waals surface area contributed by atoms with E-state index >= 15 is 0 Å². The number of aliphatic carboxylic acids is 1. The van der Waals surface area contributed by atoms with Gasteiger partial charge in [-0.15, -0.1) is 0 Å². The molecule has 1 amide bonds. The van der Waals surface area contributed by atoms with E-state index in [1.54, 1.807) is 4.90 Å². The Morgan fingerprint density at radius 3 is 2.86 bits per heavy atom. The van der Waals surface area contributed by atoms with Crippen LogP contribution in [-0.4, -0.2) is 41.6 Å². The Morgan fingerprint density at radius 1 is 1.29 bits per heavy atom. The minimum atomic E-state index is -0.804. The second kappa shape index (κ2) is 5.76. The van der Waals surface area contributed by atoms with Crippen molar-refractivity contribution in [3.05, 3.63) is 29.8 Å². The molecule has 2 heterocycles. The highest BCUT2D eigenvalue weighted by molar-refractivity contribution is 5.79. The van der Waals surface area contributed by atoms with Crippen LogP contribution in [0.3, 0.4) is 0 Å². The fraction of sp³-hybridized carbons (Fsp3) is 0.500. The third-order valence-corrected chi connectivity index (χ3v) is 4.39. The van der Waals surface area contributed by atoms with Crippen molar-refractivity contribution in [3.8, 4) is 5.75 Å². The molecule has 3 rings (SSSR count). The van der Waals surface area contributed by atoms with Crippen molar-refractivity contribution < 1.29 is 19.4 Å². The average molecular weight is 289 g/mol. The number of carbonyl (C=O) groups excluding carboxylic acids is 1. The highest BCUT2D eigenvalue weighted by atomic mass is 16.5. The van der Waals surface area contributed by atoms with Crippen LogP contribution in [0, 0.1) is 5.92 Å². The molecule has 2 atom stereocenters. The summed E-state index contributed by atoms with van der Waals surface area (Å²) >= 11 is 0. The number of hydrogen-bond acceptors (Lipinski definition) is 3. The minimum Gasteiger partial charge on any atom is -0.493 e. The second-order valence-corrected chi connectivity index (χ2v) is 5.74. The first-order valence-electron chi connectivity index (χ1n) is 7.37. The normalized spacial score (nSPS) is 24.3. The molecule has 0 spiro atoms. The predicted octanol–water partition coefficient (Wildman–Crippen LogP) is 1.88. The molecule has 2 aliphatic rings. The Hall–Kier alpha value is -2.04. The van der Waals surface area contributed by atoms with Gasteiger partial charge in [0.2, 0.25) is 5.91 Å². The molecule has 1 aromatic rings. The van der Waals surface area contributed by atoms with E-state index < -0.39 is 11.9 Å². The summed E-state index contributed by atoms with van der Waals surface area (Å²) in [5.74, 6) is -0.115. The maximum absolute atomic E-state index is 12.4. The van der Waals surface area contributed by atoms with Crippen molar-refractivity contribution >= 4 is 11.9 Å². The fourth-order valence-corrected chi connectivity index (χ4v) is 3.16. The number of rotatable bonds is 3. The monoisotopic (exact) mass is 289 g/mol. The largest absolute Gasteiger partial charge is 0.493 e. The lowest BCUT2D eigenvalue weighted by Gasteiger charge is -2.27. The Kier molecular flexibility index (Phi) is 3.82. The van der Waals surface area contributed by atoms with Crippen LogP contribution in [0.5, 0.6) is 5.75 Å². The average Bonchev–Trinajstić information content (AvgIpc) is 2.98. The van der Waals surface area contributed by atoms with Crippen LogP contribution in [0.25, 0.3) is 0 Å². The number of carboxylic acids is 1. The van der Waals surface area contributed by atoms with Crippen molar-refractivity contribution in [2.75, 3.05) is 19.7 Å². The van der Waals surface area contributed by atoms with Crippen LogP contribution in [0.1, 0.15) is 30.7 Å². The van der Waals surface area contributed by atoms with Gasteiger partial charge in [-0.05, 0) is 30.4 Å². The highest BCUT2D eigenvalue weighted by Gasteiger charge is 2.32. The van der Waals surface area contributed by atoms with Crippen LogP contribution >= 0.6 is 0 Å². The second-order valence-electron chi connectivity index (χ2n) is 5.74. The first-order valence-corrected chi connectivity index (χ1v) is 7.37. The van der Waals surface area contributed by atoms with Gasteiger partial charge in [0.25, 0.3) is 0 Å². The third-order valence-electron chi connectivity index (χ3n) is 4.39. The standard InChI is InChI=1S/C16H19NO4/c18-15(17-7-5-12(10-17)16(19)20)9-11-6-8-21-14-4-2-1-3-13(11)14/h1-4,11-12H,5-10H2,(H,19,20)/t11-,12+/m0/s1. The molecule has 1 aromatic carbocycles. The van der Waals surface area contributed by atoms with E-state index in [-0.39, 0.29) is 11.8 Å². The van der Waals surface area contributed by atoms with Crippen LogP contribution in [0.2, 0.25) is 0 Å². The van der Waals surface area contributed by atoms with Crippen molar-refractivity contribution in [2.45, 2.75) is 25.2 Å². The summed E-state index contributed by atoms with van der Waals surface area (Å²) in [5.41, 5.74) is 1.09. The van der Waals surface area contributed by atoms with Crippen molar-refractivity contribution in [1.29, 1.82) is 0 Å².